The minimum atomic E-state index is -0.925. The molecule has 1 aliphatic heterocycles. The molecule has 48 heavy (non-hydrogen) atoms. The largest absolute Gasteiger partial charge is 0.460 e. The van der Waals surface area contributed by atoms with Gasteiger partial charge in [0.1, 0.15) is 25.3 Å². The highest BCUT2D eigenvalue weighted by molar-refractivity contribution is 6.12. The molecule has 5 amide bonds. The Morgan fingerprint density at radius 2 is 1.62 bits per heavy atom. The highest BCUT2D eigenvalue weighted by Crippen LogP contribution is 2.20. The molecule has 0 bridgehead atoms. The molecule has 0 aliphatic carbocycles. The number of hydrogen-bond acceptors (Lipinski definition) is 8. The van der Waals surface area contributed by atoms with Crippen LogP contribution in [0.1, 0.15) is 91.7 Å². The third kappa shape index (κ3) is 13.3. The van der Waals surface area contributed by atoms with E-state index in [9.17, 15) is 28.8 Å². The number of carbonyl (C=O) groups is 6. The topological polar surface area (TPSA) is 160 Å². The number of anilines is 1. The van der Waals surface area contributed by atoms with Crippen LogP contribution < -0.4 is 16.0 Å². The number of hydrogen-bond donors (Lipinski definition) is 3. The second kappa shape index (κ2) is 19.4. The minimum Gasteiger partial charge on any atom is -0.460 e. The molecule has 12 heteroatoms. The molecular formula is C36H50N4O8. The van der Waals surface area contributed by atoms with Crippen LogP contribution in [0.2, 0.25) is 0 Å². The van der Waals surface area contributed by atoms with Crippen molar-refractivity contribution >= 4 is 41.2 Å². The summed E-state index contributed by atoms with van der Waals surface area (Å²) < 4.78 is 10.9. The van der Waals surface area contributed by atoms with E-state index >= 15 is 0 Å². The van der Waals surface area contributed by atoms with Gasteiger partial charge in [-0.3, -0.25) is 33.7 Å². The summed E-state index contributed by atoms with van der Waals surface area (Å²) in [6.45, 7) is 13.6. The Morgan fingerprint density at radius 3 is 2.25 bits per heavy atom. The Morgan fingerprint density at radius 1 is 0.938 bits per heavy atom. The fraction of sp³-hybridized carbons (Fsp3) is 0.556. The zero-order chi connectivity index (χ0) is 35.9. The highest BCUT2D eigenvalue weighted by Gasteiger charge is 2.28. The summed E-state index contributed by atoms with van der Waals surface area (Å²) in [6, 6.07) is 3.28. The number of amides is 5. The van der Waals surface area contributed by atoms with Crippen molar-refractivity contribution in [1.82, 2.24) is 15.5 Å². The SMILES string of the molecule is CCCOCC#Cc1cc(NC(=O)[C@H](C)NC(=O)[C@@H](NC(=O)CCCCCN2C(=O)C=CC2=O)C(C)C)ccc1COC(=O)C(C)(C)C. The van der Waals surface area contributed by atoms with Crippen LogP contribution in [-0.2, 0) is 44.8 Å². The van der Waals surface area contributed by atoms with Gasteiger partial charge in [-0.1, -0.05) is 45.1 Å². The van der Waals surface area contributed by atoms with E-state index in [1.54, 1.807) is 59.7 Å². The molecule has 0 saturated carbocycles. The predicted octanol–water partition coefficient (Wildman–Crippen LogP) is 3.62. The van der Waals surface area contributed by atoms with Crippen LogP contribution in [0, 0.1) is 23.2 Å². The number of nitrogens with one attached hydrogen (secondary N) is 3. The molecule has 0 fully saturated rings. The number of nitrogens with zero attached hydrogens (tertiary/aromatic N) is 1. The van der Waals surface area contributed by atoms with E-state index in [-0.39, 0.29) is 49.2 Å². The summed E-state index contributed by atoms with van der Waals surface area (Å²) in [5.41, 5.74) is 1.00. The molecule has 1 heterocycles. The quantitative estimate of drug-likeness (QED) is 0.0984. The molecule has 0 radical (unpaired) electrons. The van der Waals surface area contributed by atoms with Crippen LogP contribution in [0.5, 0.6) is 0 Å². The van der Waals surface area contributed by atoms with E-state index in [4.69, 9.17) is 9.47 Å². The highest BCUT2D eigenvalue weighted by atomic mass is 16.5. The lowest BCUT2D eigenvalue weighted by molar-refractivity contribution is -0.154. The van der Waals surface area contributed by atoms with Gasteiger partial charge in [-0.2, -0.15) is 0 Å². The van der Waals surface area contributed by atoms with E-state index in [1.165, 1.54) is 12.2 Å². The summed E-state index contributed by atoms with van der Waals surface area (Å²) in [5, 5.41) is 8.24. The van der Waals surface area contributed by atoms with Gasteiger partial charge in [0.2, 0.25) is 17.7 Å². The molecule has 3 N–H and O–H groups in total. The fourth-order valence-electron chi connectivity index (χ4n) is 4.44. The molecule has 0 unspecified atom stereocenters. The van der Waals surface area contributed by atoms with Crippen molar-refractivity contribution in [3.05, 3.63) is 41.5 Å². The summed E-state index contributed by atoms with van der Waals surface area (Å²) in [4.78, 5) is 75.6. The number of esters is 1. The van der Waals surface area contributed by atoms with Gasteiger partial charge in [-0.15, -0.1) is 0 Å². The molecule has 262 valence electrons. The van der Waals surface area contributed by atoms with E-state index in [1.807, 2.05) is 6.92 Å². The van der Waals surface area contributed by atoms with Crippen LogP contribution in [0.4, 0.5) is 5.69 Å². The van der Waals surface area contributed by atoms with Gasteiger partial charge in [0.05, 0.1) is 5.41 Å². The summed E-state index contributed by atoms with van der Waals surface area (Å²) in [7, 11) is 0. The first-order chi connectivity index (χ1) is 22.6. The fourth-order valence-corrected chi connectivity index (χ4v) is 4.44. The number of benzene rings is 1. The Labute approximate surface area is 283 Å². The van der Waals surface area contributed by atoms with Gasteiger partial charge in [0.15, 0.2) is 0 Å². The predicted molar refractivity (Wildman–Crippen MR) is 181 cm³/mol. The van der Waals surface area contributed by atoms with Crippen LogP contribution in [0.25, 0.3) is 0 Å². The van der Waals surface area contributed by atoms with E-state index in [0.717, 1.165) is 11.3 Å². The lowest BCUT2D eigenvalue weighted by atomic mass is 9.97. The summed E-state index contributed by atoms with van der Waals surface area (Å²) >= 11 is 0. The first-order valence-electron chi connectivity index (χ1n) is 16.4. The number of carbonyl (C=O) groups excluding carboxylic acids is 6. The van der Waals surface area contributed by atoms with Gasteiger partial charge >= 0.3 is 5.97 Å². The van der Waals surface area contributed by atoms with Crippen LogP contribution in [0.15, 0.2) is 30.4 Å². The van der Waals surface area contributed by atoms with E-state index in [0.29, 0.717) is 49.2 Å². The average molecular weight is 667 g/mol. The number of rotatable bonds is 17. The molecule has 1 aromatic carbocycles. The lowest BCUT2D eigenvalue weighted by Crippen LogP contribution is -2.53. The zero-order valence-electron chi connectivity index (χ0n) is 29.2. The van der Waals surface area contributed by atoms with Gasteiger partial charge in [0, 0.05) is 48.5 Å². The smallest absolute Gasteiger partial charge is 0.311 e. The van der Waals surface area contributed by atoms with Gasteiger partial charge in [-0.05, 0) is 65.0 Å². The Hall–Kier alpha value is -4.50. The summed E-state index contributed by atoms with van der Waals surface area (Å²) in [6.07, 6.45) is 5.24. The normalized spacial score (nSPS) is 13.9. The molecule has 1 aliphatic rings. The Bertz CT molecular complexity index is 1400. The summed E-state index contributed by atoms with van der Waals surface area (Å²) in [5.74, 6) is 3.45. The van der Waals surface area contributed by atoms with Crippen molar-refractivity contribution in [2.75, 3.05) is 25.1 Å². The van der Waals surface area contributed by atoms with Crippen LogP contribution in [0.3, 0.4) is 0 Å². The molecule has 2 rings (SSSR count). The number of ether oxygens (including phenoxy) is 2. The van der Waals surface area contributed by atoms with Crippen LogP contribution in [-0.4, -0.2) is 72.2 Å². The van der Waals surface area contributed by atoms with Crippen LogP contribution >= 0.6 is 0 Å². The first kappa shape index (κ1) is 39.7. The van der Waals surface area contributed by atoms with Crippen molar-refractivity contribution in [1.29, 1.82) is 0 Å². The Balaban J connectivity index is 1.95. The van der Waals surface area contributed by atoms with Gasteiger partial charge in [0.25, 0.3) is 11.8 Å². The first-order valence-corrected chi connectivity index (χ1v) is 16.4. The van der Waals surface area contributed by atoms with Crippen molar-refractivity contribution in [2.24, 2.45) is 11.3 Å². The maximum Gasteiger partial charge on any atom is 0.311 e. The molecular weight excluding hydrogens is 616 g/mol. The maximum atomic E-state index is 13.1. The standard InChI is InChI=1S/C36H50N4O8/c1-8-20-47-21-12-13-26-22-28(16-15-27(26)23-48-35(46)36(5,6)7)38-33(44)25(4)37-34(45)32(24(2)3)39-29(41)14-10-9-11-19-40-30(42)17-18-31(40)43/h15-18,22,24-25,32H,8-11,14,19-21,23H2,1-7H3,(H,37,45)(H,38,44)(H,39,41)/t25-,32-/m0/s1. The van der Waals surface area contributed by atoms with E-state index < -0.39 is 29.3 Å². The van der Waals surface area contributed by atoms with Crippen molar-refractivity contribution in [3.63, 3.8) is 0 Å². The minimum absolute atomic E-state index is 0.0112. The van der Waals surface area contributed by atoms with Gasteiger partial charge in [-0.25, -0.2) is 0 Å². The molecule has 0 saturated heterocycles. The number of unbranched alkanes of at least 4 members (excludes halogenated alkanes) is 2. The molecule has 12 nitrogen and oxygen atoms in total. The molecule has 0 aromatic heterocycles. The van der Waals surface area contributed by atoms with Crippen molar-refractivity contribution in [2.45, 2.75) is 99.3 Å². The monoisotopic (exact) mass is 666 g/mol. The third-order valence-corrected chi connectivity index (χ3v) is 7.30. The maximum absolute atomic E-state index is 13.1. The number of imide groups is 1. The van der Waals surface area contributed by atoms with Crippen molar-refractivity contribution < 1.29 is 38.2 Å². The third-order valence-electron chi connectivity index (χ3n) is 7.30. The molecule has 1 aromatic rings. The zero-order valence-corrected chi connectivity index (χ0v) is 29.2. The van der Waals surface area contributed by atoms with Gasteiger partial charge < -0.3 is 25.4 Å². The Kier molecular flexibility index (Phi) is 16.0. The second-order valence-electron chi connectivity index (χ2n) is 13.0. The van der Waals surface area contributed by atoms with E-state index in [2.05, 4.69) is 27.8 Å². The van der Waals surface area contributed by atoms with Crippen molar-refractivity contribution in [3.8, 4) is 11.8 Å². The lowest BCUT2D eigenvalue weighted by Gasteiger charge is -2.24. The average Bonchev–Trinajstić information content (AvgIpc) is 3.34. The second-order valence-corrected chi connectivity index (χ2v) is 13.0. The molecule has 0 spiro atoms. The molecule has 2 atom stereocenters.